The van der Waals surface area contributed by atoms with E-state index >= 15 is 8.78 Å². The van der Waals surface area contributed by atoms with E-state index in [-0.39, 0.29) is 41.4 Å². The monoisotopic (exact) mass is 641 g/mol. The summed E-state index contributed by atoms with van der Waals surface area (Å²) in [4.78, 5) is 40.6. The molecule has 2 aromatic rings. The fourth-order valence-electron chi connectivity index (χ4n) is 5.61. The average molecular weight is 642 g/mol. The molecule has 0 bridgehead atoms. The number of hydrogen-bond acceptors (Lipinski definition) is 11. The van der Waals surface area contributed by atoms with Crippen LogP contribution in [0, 0.1) is 24.0 Å². The lowest BCUT2D eigenvalue weighted by atomic mass is 9.86. The summed E-state index contributed by atoms with van der Waals surface area (Å²) < 4.78 is 64.9. The highest BCUT2D eigenvalue weighted by atomic mass is 32.1. The summed E-state index contributed by atoms with van der Waals surface area (Å²) in [5, 5.41) is 26.1. The van der Waals surface area contributed by atoms with Crippen molar-refractivity contribution < 1.29 is 46.9 Å². The first-order valence-corrected chi connectivity index (χ1v) is 14.5. The highest BCUT2D eigenvalue weighted by Gasteiger charge is 2.61. The van der Waals surface area contributed by atoms with Gasteiger partial charge in [-0.05, 0) is 38.0 Å². The Morgan fingerprint density at radius 3 is 2.68 bits per heavy atom. The average Bonchev–Trinajstić information content (AvgIpc) is 3.70. The molecular formula is C28H31F4N5O6S. The zero-order valence-corrected chi connectivity index (χ0v) is 25.0. The molecule has 238 valence electrons. The molecule has 16 heteroatoms. The van der Waals surface area contributed by atoms with E-state index < -0.39 is 72.2 Å². The van der Waals surface area contributed by atoms with Crippen LogP contribution in [0.5, 0.6) is 0 Å². The van der Waals surface area contributed by atoms with Gasteiger partial charge >= 0.3 is 11.9 Å². The number of carbonyl (C=O) groups is 2. The van der Waals surface area contributed by atoms with Crippen molar-refractivity contribution in [1.29, 1.82) is 0 Å². The number of aromatic nitrogens is 1. The van der Waals surface area contributed by atoms with Gasteiger partial charge in [-0.15, -0.1) is 11.3 Å². The van der Waals surface area contributed by atoms with Crippen LogP contribution in [0.25, 0.3) is 0 Å². The summed E-state index contributed by atoms with van der Waals surface area (Å²) in [6, 6.07) is -1.40. The number of halogens is 4. The molecule has 2 fully saturated rings. The molecule has 3 aliphatic heterocycles. The molecule has 11 nitrogen and oxygen atoms in total. The maximum atomic E-state index is 15.6. The van der Waals surface area contributed by atoms with Gasteiger partial charge in [0.15, 0.2) is 22.5 Å². The van der Waals surface area contributed by atoms with Crippen molar-refractivity contribution in [3.05, 3.63) is 62.7 Å². The minimum atomic E-state index is -3.35. The third-order valence-corrected chi connectivity index (χ3v) is 9.12. The SMILES string of the molecule is COC(=O)C1=C(CN2CC(F)(F)[C@@H]3[C@H]2CON3C[C@H](O)C(C)(C)C(=O)O)NC(c2nccs2)=N[C@H]1c1ccc(F)c(F)c1C. The molecule has 5 rings (SSSR count). The number of nitrogens with one attached hydrogen (secondary N) is 1. The highest BCUT2D eigenvalue weighted by molar-refractivity contribution is 7.11. The number of ether oxygens (including phenoxy) is 1. The number of alkyl halides is 2. The number of carbonyl (C=O) groups excluding carboxylic acids is 1. The number of rotatable bonds is 9. The lowest BCUT2D eigenvalue weighted by molar-refractivity contribution is -0.202. The number of aliphatic hydroxyl groups excluding tert-OH is 1. The Labute approximate surface area is 253 Å². The minimum absolute atomic E-state index is 0.0805. The zero-order valence-electron chi connectivity index (χ0n) is 24.2. The summed E-state index contributed by atoms with van der Waals surface area (Å²) in [6.07, 6.45) is 0.00611. The molecule has 0 radical (unpaired) electrons. The van der Waals surface area contributed by atoms with Crippen LogP contribution in [0.2, 0.25) is 0 Å². The van der Waals surface area contributed by atoms with Crippen LogP contribution in [0.1, 0.15) is 36.0 Å². The van der Waals surface area contributed by atoms with Crippen molar-refractivity contribution in [1.82, 2.24) is 20.3 Å². The molecule has 1 aromatic carbocycles. The van der Waals surface area contributed by atoms with E-state index in [1.807, 2.05) is 0 Å². The molecule has 4 heterocycles. The Hall–Kier alpha value is -3.44. The normalized spacial score (nSPS) is 24.6. The second-order valence-corrected chi connectivity index (χ2v) is 12.3. The van der Waals surface area contributed by atoms with Gasteiger partial charge in [0.2, 0.25) is 0 Å². The third-order valence-electron chi connectivity index (χ3n) is 8.34. The van der Waals surface area contributed by atoms with E-state index in [4.69, 9.17) is 9.57 Å². The van der Waals surface area contributed by atoms with Gasteiger partial charge in [0.25, 0.3) is 5.92 Å². The predicted molar refractivity (Wildman–Crippen MR) is 149 cm³/mol. The maximum Gasteiger partial charge on any atom is 0.338 e. The first-order valence-electron chi connectivity index (χ1n) is 13.6. The smallest absolute Gasteiger partial charge is 0.338 e. The number of aliphatic carboxylic acids is 1. The Bertz CT molecular complexity index is 1520. The van der Waals surface area contributed by atoms with E-state index in [0.717, 1.165) is 18.2 Å². The van der Waals surface area contributed by atoms with Crippen LogP contribution >= 0.6 is 11.3 Å². The second-order valence-electron chi connectivity index (χ2n) is 11.4. The molecule has 0 saturated carbocycles. The molecule has 0 aliphatic carbocycles. The van der Waals surface area contributed by atoms with Crippen molar-refractivity contribution in [2.45, 2.75) is 50.9 Å². The Balaban J connectivity index is 1.51. The van der Waals surface area contributed by atoms with Crippen LogP contribution in [0.15, 0.2) is 40.0 Å². The Kier molecular flexibility index (Phi) is 8.58. The number of β-amino-alcohol motifs (C(OH)–C–C–N with tert-alkyl or cyclic N) is 1. The van der Waals surface area contributed by atoms with E-state index in [2.05, 4.69) is 15.3 Å². The number of fused-ring (bicyclic) bond motifs is 1. The van der Waals surface area contributed by atoms with Crippen molar-refractivity contribution in [2.75, 3.05) is 33.4 Å². The number of nitrogens with zero attached hydrogens (tertiary/aromatic N) is 4. The molecule has 0 unspecified atom stereocenters. The van der Waals surface area contributed by atoms with Crippen LogP contribution in [0.3, 0.4) is 0 Å². The molecule has 1 aromatic heterocycles. The van der Waals surface area contributed by atoms with E-state index in [1.165, 1.54) is 49.3 Å². The number of likely N-dealkylation sites (tertiary alicyclic amines) is 1. The number of amidine groups is 1. The van der Waals surface area contributed by atoms with E-state index in [9.17, 15) is 28.6 Å². The summed E-state index contributed by atoms with van der Waals surface area (Å²) >= 11 is 1.22. The van der Waals surface area contributed by atoms with Gasteiger partial charge in [-0.1, -0.05) is 6.07 Å². The van der Waals surface area contributed by atoms with Gasteiger partial charge < -0.3 is 20.3 Å². The van der Waals surface area contributed by atoms with Gasteiger partial charge in [-0.2, -0.15) is 5.06 Å². The summed E-state index contributed by atoms with van der Waals surface area (Å²) in [5.74, 6) is -7.50. The van der Waals surface area contributed by atoms with Crippen molar-refractivity contribution in [2.24, 2.45) is 10.4 Å². The number of carboxylic acid groups (broad SMARTS) is 1. The molecule has 0 amide bonds. The quantitative estimate of drug-likeness (QED) is 0.277. The van der Waals surface area contributed by atoms with E-state index in [1.54, 1.807) is 5.38 Å². The van der Waals surface area contributed by atoms with Crippen molar-refractivity contribution in [3.63, 3.8) is 0 Å². The molecule has 3 N–H and O–H groups in total. The predicted octanol–water partition coefficient (Wildman–Crippen LogP) is 2.65. The fraction of sp³-hybridized carbons (Fsp3) is 0.500. The number of hydroxylamine groups is 2. The molecule has 3 aliphatic rings. The van der Waals surface area contributed by atoms with Crippen molar-refractivity contribution in [3.8, 4) is 0 Å². The topological polar surface area (TPSA) is 137 Å². The molecule has 4 atom stereocenters. The maximum absolute atomic E-state index is 15.6. The van der Waals surface area contributed by atoms with Crippen LogP contribution < -0.4 is 5.32 Å². The van der Waals surface area contributed by atoms with Gasteiger partial charge in [0, 0.05) is 23.8 Å². The first-order chi connectivity index (χ1) is 20.7. The Morgan fingerprint density at radius 1 is 1.32 bits per heavy atom. The van der Waals surface area contributed by atoms with Gasteiger partial charge in [-0.3, -0.25) is 19.5 Å². The number of esters is 1. The van der Waals surface area contributed by atoms with Gasteiger partial charge in [0.1, 0.15) is 12.1 Å². The molecule has 2 saturated heterocycles. The van der Waals surface area contributed by atoms with Gasteiger partial charge in [0.05, 0.1) is 49.9 Å². The standard InChI is InChI=1S/C28H31F4N5O6S/c1-13-14(5-6-15(29)20(13)30)21-19(25(39)42-4)16(34-23(35-21)24-33-7-8-44-24)9-36-12-28(31,32)22-17(36)11-43-37(22)10-18(38)27(2,3)26(40)41/h5-8,17-18,21-22,38H,9-12H2,1-4H3,(H,34,35)(H,40,41)/t17-,18+,21+,22+/m1/s1. The summed E-state index contributed by atoms with van der Waals surface area (Å²) in [5.41, 5.74) is -1.47. The summed E-state index contributed by atoms with van der Waals surface area (Å²) in [7, 11) is 1.13. The first kappa shape index (κ1) is 32.0. The number of thiazole rings is 1. The number of methoxy groups -OCH3 is 1. The van der Waals surface area contributed by atoms with Crippen LogP contribution in [-0.4, -0.2) is 100 Å². The largest absolute Gasteiger partial charge is 0.481 e. The van der Waals surface area contributed by atoms with Crippen LogP contribution in [0.4, 0.5) is 17.6 Å². The number of benzene rings is 1. The molecule has 0 spiro atoms. The lowest BCUT2D eigenvalue weighted by Gasteiger charge is -2.32. The minimum Gasteiger partial charge on any atom is -0.481 e. The van der Waals surface area contributed by atoms with Crippen molar-refractivity contribution >= 4 is 29.1 Å². The van der Waals surface area contributed by atoms with Gasteiger partial charge in [-0.25, -0.2) is 27.3 Å². The number of aliphatic hydroxyl groups is 1. The zero-order chi connectivity index (χ0) is 32.1. The summed E-state index contributed by atoms with van der Waals surface area (Å²) in [6.45, 7) is 2.25. The highest BCUT2D eigenvalue weighted by Crippen LogP contribution is 2.42. The second kappa shape index (κ2) is 11.8. The number of carboxylic acids is 1. The molecular weight excluding hydrogens is 610 g/mol. The number of aliphatic imine (C=N–C) groups is 1. The van der Waals surface area contributed by atoms with E-state index in [0.29, 0.717) is 5.01 Å². The molecule has 44 heavy (non-hydrogen) atoms. The van der Waals surface area contributed by atoms with Crippen LogP contribution in [-0.2, 0) is 19.2 Å². The Morgan fingerprint density at radius 2 is 2.05 bits per heavy atom. The fourth-order valence-corrected chi connectivity index (χ4v) is 6.19. The third kappa shape index (κ3) is 5.60. The lowest BCUT2D eigenvalue weighted by Crippen LogP contribution is -2.51. The number of hydrogen-bond donors (Lipinski definition) is 3.